The largest absolute Gasteiger partial charge is 0.378 e. The van der Waals surface area contributed by atoms with E-state index in [-0.39, 0.29) is 5.91 Å². The lowest BCUT2D eigenvalue weighted by Crippen LogP contribution is -2.24. The van der Waals surface area contributed by atoms with E-state index in [0.717, 1.165) is 36.8 Å². The Kier molecular flexibility index (Phi) is 5.01. The summed E-state index contributed by atoms with van der Waals surface area (Å²) < 4.78 is 5.60. The number of fused-ring (bicyclic) bond motifs is 1. The Labute approximate surface area is 130 Å². The van der Waals surface area contributed by atoms with Crippen LogP contribution in [0.4, 0.5) is 0 Å². The number of carbonyl (C=O) groups excluding carboxylic acids is 1. The fraction of sp³-hybridized carbons (Fsp3) is 0.444. The molecule has 4 heteroatoms. The summed E-state index contributed by atoms with van der Waals surface area (Å²) >= 11 is 0. The molecule has 2 heterocycles. The van der Waals surface area contributed by atoms with Crippen molar-refractivity contribution in [1.82, 2.24) is 10.3 Å². The highest BCUT2D eigenvalue weighted by molar-refractivity contribution is 6.05. The van der Waals surface area contributed by atoms with Crippen molar-refractivity contribution in [3.05, 3.63) is 42.1 Å². The fourth-order valence-corrected chi connectivity index (χ4v) is 2.96. The summed E-state index contributed by atoms with van der Waals surface area (Å²) in [5.41, 5.74) is 1.55. The summed E-state index contributed by atoms with van der Waals surface area (Å²) in [5.74, 6) is -0.0179. The third kappa shape index (κ3) is 3.63. The van der Waals surface area contributed by atoms with E-state index in [0.29, 0.717) is 18.2 Å². The molecule has 1 N–H and O–H groups in total. The van der Waals surface area contributed by atoms with Crippen LogP contribution in [0.2, 0.25) is 0 Å². The summed E-state index contributed by atoms with van der Waals surface area (Å²) in [6.07, 6.45) is 7.71. The third-order valence-electron chi connectivity index (χ3n) is 4.16. The molecule has 116 valence electrons. The number of hydrogen-bond acceptors (Lipinski definition) is 3. The van der Waals surface area contributed by atoms with Gasteiger partial charge in [0.2, 0.25) is 0 Å². The number of hydrogen-bond donors (Lipinski definition) is 1. The summed E-state index contributed by atoms with van der Waals surface area (Å²) in [7, 11) is 0. The SMILES string of the molecule is O=C(NCCCCC1CCCO1)c1ccnc2ccccc12. The highest BCUT2D eigenvalue weighted by Gasteiger charge is 2.14. The van der Waals surface area contributed by atoms with Crippen LogP contribution in [-0.2, 0) is 4.74 Å². The molecule has 3 rings (SSSR count). The van der Waals surface area contributed by atoms with Crippen molar-refractivity contribution < 1.29 is 9.53 Å². The molecular weight excluding hydrogens is 276 g/mol. The Balaban J connectivity index is 1.48. The maximum atomic E-state index is 12.3. The van der Waals surface area contributed by atoms with Crippen LogP contribution in [0.3, 0.4) is 0 Å². The van der Waals surface area contributed by atoms with Gasteiger partial charge in [-0.1, -0.05) is 18.2 Å². The number of nitrogens with zero attached hydrogens (tertiary/aromatic N) is 1. The Morgan fingerprint density at radius 3 is 3.05 bits per heavy atom. The highest BCUT2D eigenvalue weighted by Crippen LogP contribution is 2.18. The van der Waals surface area contributed by atoms with Crippen LogP contribution in [0.5, 0.6) is 0 Å². The van der Waals surface area contributed by atoms with Gasteiger partial charge in [0.25, 0.3) is 5.91 Å². The number of carbonyl (C=O) groups is 1. The Morgan fingerprint density at radius 1 is 1.27 bits per heavy atom. The molecule has 1 atom stereocenters. The van der Waals surface area contributed by atoms with Gasteiger partial charge >= 0.3 is 0 Å². The van der Waals surface area contributed by atoms with Crippen LogP contribution in [-0.4, -0.2) is 30.1 Å². The Bertz CT molecular complexity index is 631. The summed E-state index contributed by atoms with van der Waals surface area (Å²) in [6.45, 7) is 1.62. The molecule has 0 bridgehead atoms. The van der Waals surface area contributed by atoms with Gasteiger partial charge in [0.15, 0.2) is 0 Å². The monoisotopic (exact) mass is 298 g/mol. The van der Waals surface area contributed by atoms with E-state index in [1.807, 2.05) is 24.3 Å². The summed E-state index contributed by atoms with van der Waals surface area (Å²) in [4.78, 5) is 16.6. The normalized spacial score (nSPS) is 17.7. The van der Waals surface area contributed by atoms with E-state index < -0.39 is 0 Å². The molecule has 1 aromatic carbocycles. The molecular formula is C18H22N2O2. The van der Waals surface area contributed by atoms with E-state index >= 15 is 0 Å². The number of nitrogens with one attached hydrogen (secondary N) is 1. The maximum absolute atomic E-state index is 12.3. The van der Waals surface area contributed by atoms with Gasteiger partial charge < -0.3 is 10.1 Å². The van der Waals surface area contributed by atoms with Gasteiger partial charge in [-0.2, -0.15) is 0 Å². The van der Waals surface area contributed by atoms with Gasteiger partial charge in [-0.3, -0.25) is 9.78 Å². The molecule has 2 aromatic rings. The quantitative estimate of drug-likeness (QED) is 0.832. The van der Waals surface area contributed by atoms with Crippen molar-refractivity contribution in [2.75, 3.05) is 13.2 Å². The van der Waals surface area contributed by atoms with E-state index in [4.69, 9.17) is 4.74 Å². The van der Waals surface area contributed by atoms with Crippen molar-refractivity contribution in [2.24, 2.45) is 0 Å². The average molecular weight is 298 g/mol. The number of unbranched alkanes of at least 4 members (excludes halogenated alkanes) is 1. The molecule has 0 spiro atoms. The van der Waals surface area contributed by atoms with Crippen molar-refractivity contribution in [1.29, 1.82) is 0 Å². The topological polar surface area (TPSA) is 51.2 Å². The van der Waals surface area contributed by atoms with Gasteiger partial charge in [0.05, 0.1) is 17.2 Å². The predicted octanol–water partition coefficient (Wildman–Crippen LogP) is 3.31. The number of pyridine rings is 1. The summed E-state index contributed by atoms with van der Waals surface area (Å²) in [5, 5.41) is 3.91. The minimum atomic E-state index is -0.0179. The van der Waals surface area contributed by atoms with E-state index in [1.165, 1.54) is 12.8 Å². The molecule has 0 radical (unpaired) electrons. The zero-order valence-electron chi connectivity index (χ0n) is 12.8. The zero-order chi connectivity index (χ0) is 15.2. The second kappa shape index (κ2) is 7.36. The Hall–Kier alpha value is -1.94. The first-order valence-electron chi connectivity index (χ1n) is 8.08. The molecule has 1 unspecified atom stereocenters. The molecule has 1 aliphatic heterocycles. The van der Waals surface area contributed by atoms with Crippen molar-refractivity contribution in [2.45, 2.75) is 38.2 Å². The molecule has 4 nitrogen and oxygen atoms in total. The minimum Gasteiger partial charge on any atom is -0.378 e. The first-order chi connectivity index (χ1) is 10.8. The van der Waals surface area contributed by atoms with Gasteiger partial charge in [-0.05, 0) is 44.2 Å². The number of rotatable bonds is 6. The van der Waals surface area contributed by atoms with Gasteiger partial charge in [0.1, 0.15) is 0 Å². The van der Waals surface area contributed by atoms with Crippen molar-refractivity contribution >= 4 is 16.8 Å². The molecule has 1 saturated heterocycles. The highest BCUT2D eigenvalue weighted by atomic mass is 16.5. The number of para-hydroxylation sites is 1. The molecule has 0 saturated carbocycles. The maximum Gasteiger partial charge on any atom is 0.252 e. The number of benzene rings is 1. The van der Waals surface area contributed by atoms with Crippen LogP contribution in [0.1, 0.15) is 42.5 Å². The van der Waals surface area contributed by atoms with Gasteiger partial charge in [0, 0.05) is 24.7 Å². The Morgan fingerprint density at radius 2 is 2.18 bits per heavy atom. The third-order valence-corrected chi connectivity index (χ3v) is 4.16. The molecule has 1 fully saturated rings. The van der Waals surface area contributed by atoms with Crippen LogP contribution in [0.25, 0.3) is 10.9 Å². The fourth-order valence-electron chi connectivity index (χ4n) is 2.96. The minimum absolute atomic E-state index is 0.0179. The van der Waals surface area contributed by atoms with Crippen LogP contribution in [0.15, 0.2) is 36.5 Å². The van der Waals surface area contributed by atoms with Gasteiger partial charge in [-0.25, -0.2) is 0 Å². The molecule has 0 aliphatic carbocycles. The summed E-state index contributed by atoms with van der Waals surface area (Å²) in [6, 6.07) is 9.51. The zero-order valence-corrected chi connectivity index (χ0v) is 12.8. The van der Waals surface area contributed by atoms with Crippen LogP contribution in [0, 0.1) is 0 Å². The number of aromatic nitrogens is 1. The van der Waals surface area contributed by atoms with Crippen LogP contribution >= 0.6 is 0 Å². The first-order valence-corrected chi connectivity index (χ1v) is 8.08. The van der Waals surface area contributed by atoms with Crippen LogP contribution < -0.4 is 5.32 Å². The van der Waals surface area contributed by atoms with E-state index in [9.17, 15) is 4.79 Å². The first kappa shape index (κ1) is 15.0. The van der Waals surface area contributed by atoms with Crippen molar-refractivity contribution in [3.8, 4) is 0 Å². The lowest BCUT2D eigenvalue weighted by atomic mass is 10.1. The van der Waals surface area contributed by atoms with Gasteiger partial charge in [-0.15, -0.1) is 0 Å². The van der Waals surface area contributed by atoms with E-state index in [2.05, 4.69) is 10.3 Å². The van der Waals surface area contributed by atoms with E-state index in [1.54, 1.807) is 12.3 Å². The lowest BCUT2D eigenvalue weighted by Gasteiger charge is -2.10. The molecule has 1 amide bonds. The number of amides is 1. The lowest BCUT2D eigenvalue weighted by molar-refractivity contribution is 0.0948. The molecule has 22 heavy (non-hydrogen) atoms. The number of ether oxygens (including phenoxy) is 1. The second-order valence-electron chi connectivity index (χ2n) is 5.76. The standard InChI is InChI=1S/C18H22N2O2/c21-18(20-11-4-3-6-14-7-5-13-22-14)16-10-12-19-17-9-2-1-8-15(16)17/h1-2,8-10,12,14H,3-7,11,13H2,(H,20,21). The van der Waals surface area contributed by atoms with Crippen molar-refractivity contribution in [3.63, 3.8) is 0 Å². The predicted molar refractivity (Wildman–Crippen MR) is 86.9 cm³/mol. The molecule has 1 aliphatic rings. The molecule has 1 aromatic heterocycles. The smallest absolute Gasteiger partial charge is 0.252 e. The average Bonchev–Trinajstić information content (AvgIpc) is 3.07. The second-order valence-corrected chi connectivity index (χ2v) is 5.76.